The number of amides is 1. The molecule has 0 bridgehead atoms. The van der Waals surface area contributed by atoms with Crippen LogP contribution in [-0.4, -0.2) is 54.2 Å². The van der Waals surface area contributed by atoms with Crippen LogP contribution in [0.3, 0.4) is 0 Å². The van der Waals surface area contributed by atoms with Crippen molar-refractivity contribution in [2.24, 2.45) is 0 Å². The van der Waals surface area contributed by atoms with Gasteiger partial charge in [-0.25, -0.2) is 9.59 Å². The lowest BCUT2D eigenvalue weighted by atomic mass is 10.0. The first-order valence-corrected chi connectivity index (χ1v) is 9.76. The van der Waals surface area contributed by atoms with Gasteiger partial charge in [0, 0.05) is 6.54 Å². The summed E-state index contributed by atoms with van der Waals surface area (Å²) in [5.74, 6) is -1.09. The number of nitrogens with zero attached hydrogens (tertiary/aromatic N) is 1. The van der Waals surface area contributed by atoms with E-state index in [0.717, 1.165) is 4.90 Å². The monoisotopic (exact) mass is 303 g/mol. The molecule has 0 spiro atoms. The molecular formula is C13H25NO5Si. The van der Waals surface area contributed by atoms with Crippen molar-refractivity contribution in [1.29, 1.82) is 0 Å². The zero-order valence-electron chi connectivity index (χ0n) is 12.8. The van der Waals surface area contributed by atoms with E-state index in [0.29, 0.717) is 12.8 Å². The molecule has 20 heavy (non-hydrogen) atoms. The summed E-state index contributed by atoms with van der Waals surface area (Å²) in [7, 11) is -1.97. The van der Waals surface area contributed by atoms with Crippen LogP contribution in [0.25, 0.3) is 0 Å². The van der Waals surface area contributed by atoms with Gasteiger partial charge in [-0.1, -0.05) is 20.8 Å². The quantitative estimate of drug-likeness (QED) is 0.783. The minimum atomic E-state index is -1.97. The van der Waals surface area contributed by atoms with Crippen molar-refractivity contribution in [3.05, 3.63) is 0 Å². The van der Waals surface area contributed by atoms with Gasteiger partial charge in [-0.15, -0.1) is 0 Å². The summed E-state index contributed by atoms with van der Waals surface area (Å²) in [5, 5.41) is 18.3. The number of likely N-dealkylation sites (tertiary alicyclic amines) is 1. The number of hydrogen-bond acceptors (Lipinski definition) is 3. The first-order chi connectivity index (χ1) is 8.95. The van der Waals surface area contributed by atoms with Gasteiger partial charge in [-0.2, -0.15) is 0 Å². The highest BCUT2D eigenvalue weighted by molar-refractivity contribution is 6.74. The highest BCUT2D eigenvalue weighted by Crippen LogP contribution is 2.38. The van der Waals surface area contributed by atoms with E-state index in [-0.39, 0.29) is 17.7 Å². The van der Waals surface area contributed by atoms with Crippen LogP contribution in [0.4, 0.5) is 4.79 Å². The van der Waals surface area contributed by atoms with Crippen molar-refractivity contribution in [2.45, 2.75) is 63.9 Å². The zero-order chi connectivity index (χ0) is 15.7. The number of aliphatic carboxylic acids is 1. The lowest BCUT2D eigenvalue weighted by Crippen LogP contribution is -2.55. The van der Waals surface area contributed by atoms with E-state index in [4.69, 9.17) is 14.6 Å². The molecule has 6 nitrogen and oxygen atoms in total. The minimum Gasteiger partial charge on any atom is -0.480 e. The Balaban J connectivity index is 2.78. The van der Waals surface area contributed by atoms with Crippen molar-refractivity contribution >= 4 is 20.4 Å². The Bertz CT molecular complexity index is 391. The van der Waals surface area contributed by atoms with Gasteiger partial charge < -0.3 is 14.6 Å². The third-order valence-electron chi connectivity index (χ3n) is 4.34. The molecule has 0 saturated carbocycles. The Kier molecular flexibility index (Phi) is 4.86. The molecule has 1 aliphatic rings. The number of hydrogen-bond donors (Lipinski definition) is 2. The average Bonchev–Trinajstić information content (AvgIpc) is 2.26. The summed E-state index contributed by atoms with van der Waals surface area (Å²) in [6, 6.07) is -0.952. The molecule has 116 valence electrons. The smallest absolute Gasteiger partial charge is 0.408 e. The number of carbonyl (C=O) groups is 2. The molecule has 1 fully saturated rings. The maximum Gasteiger partial charge on any atom is 0.408 e. The summed E-state index contributed by atoms with van der Waals surface area (Å²) in [4.78, 5) is 23.3. The highest BCUT2D eigenvalue weighted by atomic mass is 28.4. The fraction of sp³-hybridized carbons (Fsp3) is 0.846. The topological polar surface area (TPSA) is 87.1 Å². The summed E-state index contributed by atoms with van der Waals surface area (Å²) >= 11 is 0. The van der Waals surface area contributed by atoms with Crippen LogP contribution in [-0.2, 0) is 9.22 Å². The molecule has 1 amide bonds. The number of piperidine rings is 1. The molecule has 1 heterocycles. The largest absolute Gasteiger partial charge is 0.480 e. The van der Waals surface area contributed by atoms with E-state index < -0.39 is 26.4 Å². The van der Waals surface area contributed by atoms with E-state index >= 15 is 0 Å². The fourth-order valence-corrected chi connectivity index (χ4v) is 3.47. The van der Waals surface area contributed by atoms with Gasteiger partial charge in [0.2, 0.25) is 0 Å². The number of carboxylic acid groups (broad SMARTS) is 2. The molecule has 2 atom stereocenters. The van der Waals surface area contributed by atoms with Gasteiger partial charge >= 0.3 is 12.1 Å². The third kappa shape index (κ3) is 3.73. The number of rotatable bonds is 3. The lowest BCUT2D eigenvalue weighted by molar-refractivity contribution is -0.144. The molecule has 0 radical (unpaired) electrons. The predicted octanol–water partition coefficient (Wildman–Crippen LogP) is 2.60. The minimum absolute atomic E-state index is 0.0463. The summed E-state index contributed by atoms with van der Waals surface area (Å²) in [6.45, 7) is 10.7. The fourth-order valence-electron chi connectivity index (χ4n) is 2.10. The molecule has 1 rings (SSSR count). The second-order valence-electron chi connectivity index (χ2n) is 6.87. The average molecular weight is 303 g/mol. The predicted molar refractivity (Wildman–Crippen MR) is 77.5 cm³/mol. The van der Waals surface area contributed by atoms with Crippen molar-refractivity contribution in [1.82, 2.24) is 4.90 Å². The highest BCUT2D eigenvalue weighted by Gasteiger charge is 2.42. The SMILES string of the molecule is CC(C)(C)[Si](C)(C)O[C@@H]1CC[C@H](C(=O)O)N(C(=O)O)C1. The first kappa shape index (κ1) is 17.0. The van der Waals surface area contributed by atoms with Crippen LogP contribution >= 0.6 is 0 Å². The second kappa shape index (κ2) is 5.73. The van der Waals surface area contributed by atoms with Crippen LogP contribution in [0.5, 0.6) is 0 Å². The van der Waals surface area contributed by atoms with E-state index in [1.807, 2.05) is 0 Å². The van der Waals surface area contributed by atoms with Crippen molar-refractivity contribution < 1.29 is 24.2 Å². The third-order valence-corrected chi connectivity index (χ3v) is 8.87. The van der Waals surface area contributed by atoms with E-state index in [2.05, 4.69) is 33.9 Å². The van der Waals surface area contributed by atoms with Crippen molar-refractivity contribution in [2.75, 3.05) is 6.54 Å². The molecule has 0 aromatic rings. The van der Waals surface area contributed by atoms with Crippen LogP contribution in [0.2, 0.25) is 18.1 Å². The van der Waals surface area contributed by atoms with Crippen LogP contribution in [0, 0.1) is 0 Å². The maximum atomic E-state index is 11.2. The normalized spacial score (nSPS) is 24.6. The van der Waals surface area contributed by atoms with Crippen molar-refractivity contribution in [3.8, 4) is 0 Å². The standard InChI is InChI=1S/C13H25NO5Si/c1-13(2,3)20(4,5)19-9-6-7-10(11(15)16)14(8-9)12(17)18/h9-10H,6-8H2,1-5H3,(H,15,16)(H,17,18)/t9-,10-/m1/s1. The van der Waals surface area contributed by atoms with Gasteiger partial charge in [-0.05, 0) is 31.0 Å². The molecule has 0 aliphatic carbocycles. The van der Waals surface area contributed by atoms with Crippen LogP contribution < -0.4 is 0 Å². The van der Waals surface area contributed by atoms with Crippen LogP contribution in [0.15, 0.2) is 0 Å². The molecule has 0 aromatic heterocycles. The Hall–Kier alpha value is -1.08. The molecule has 7 heteroatoms. The molecular weight excluding hydrogens is 278 g/mol. The Morgan fingerprint density at radius 3 is 2.15 bits per heavy atom. The summed E-state index contributed by atoms with van der Waals surface area (Å²) in [5.41, 5.74) is 0. The summed E-state index contributed by atoms with van der Waals surface area (Å²) in [6.07, 6.45) is -0.503. The van der Waals surface area contributed by atoms with E-state index in [1.54, 1.807) is 0 Å². The first-order valence-electron chi connectivity index (χ1n) is 6.86. The summed E-state index contributed by atoms with van der Waals surface area (Å²) < 4.78 is 6.19. The molecule has 1 aliphatic heterocycles. The Morgan fingerprint density at radius 1 is 1.20 bits per heavy atom. The molecule has 2 N–H and O–H groups in total. The van der Waals surface area contributed by atoms with E-state index in [1.165, 1.54) is 0 Å². The van der Waals surface area contributed by atoms with Gasteiger partial charge in [0.15, 0.2) is 8.32 Å². The Labute approximate surface area is 120 Å². The van der Waals surface area contributed by atoms with Crippen molar-refractivity contribution in [3.63, 3.8) is 0 Å². The molecule has 1 saturated heterocycles. The zero-order valence-corrected chi connectivity index (χ0v) is 13.8. The molecule has 0 aromatic carbocycles. The molecule has 0 unspecified atom stereocenters. The lowest BCUT2D eigenvalue weighted by Gasteiger charge is -2.43. The second-order valence-corrected chi connectivity index (χ2v) is 11.6. The van der Waals surface area contributed by atoms with Crippen LogP contribution in [0.1, 0.15) is 33.6 Å². The van der Waals surface area contributed by atoms with Gasteiger partial charge in [0.25, 0.3) is 0 Å². The van der Waals surface area contributed by atoms with E-state index in [9.17, 15) is 9.59 Å². The maximum absolute atomic E-state index is 11.2. The Morgan fingerprint density at radius 2 is 1.75 bits per heavy atom. The van der Waals surface area contributed by atoms with Gasteiger partial charge in [0.05, 0.1) is 6.10 Å². The number of carboxylic acids is 1. The van der Waals surface area contributed by atoms with Gasteiger partial charge in [-0.3, -0.25) is 4.90 Å². The van der Waals surface area contributed by atoms with Gasteiger partial charge in [0.1, 0.15) is 6.04 Å².